The van der Waals surface area contributed by atoms with E-state index in [9.17, 15) is 4.79 Å². The molecule has 1 aliphatic heterocycles. The number of carbonyl (C=O) groups is 1. The average molecular weight is 425 g/mol. The highest BCUT2D eigenvalue weighted by molar-refractivity contribution is 6.02. The zero-order chi connectivity index (χ0) is 22.1. The van der Waals surface area contributed by atoms with Gasteiger partial charge in [0.05, 0.1) is 28.5 Å². The van der Waals surface area contributed by atoms with Crippen molar-refractivity contribution >= 4 is 16.9 Å². The summed E-state index contributed by atoms with van der Waals surface area (Å²) in [6, 6.07) is 16.1. The molecule has 0 aliphatic carbocycles. The standard InChI is InChI=1S/C26H24N4O2/c1-3-22(31)30-15-12-26(30,2)17-32-21-16-27-14-11-19(21)24-23(18-8-5-4-6-9-18)25-20(29-24)10-7-13-28-25/h3-11,13-14,16,29H,1,12,15,17H2,2H3/t26-/m0/s1. The fourth-order valence-electron chi connectivity index (χ4n) is 4.29. The van der Waals surface area contributed by atoms with Crippen LogP contribution in [0.1, 0.15) is 13.3 Å². The summed E-state index contributed by atoms with van der Waals surface area (Å²) < 4.78 is 6.28. The van der Waals surface area contributed by atoms with Crippen LogP contribution in [0.25, 0.3) is 33.4 Å². The van der Waals surface area contributed by atoms with Gasteiger partial charge in [-0.1, -0.05) is 36.9 Å². The van der Waals surface area contributed by atoms with Gasteiger partial charge in [-0.15, -0.1) is 0 Å². The van der Waals surface area contributed by atoms with E-state index in [1.54, 1.807) is 23.5 Å². The third kappa shape index (κ3) is 3.34. The lowest BCUT2D eigenvalue weighted by molar-refractivity contribution is -0.142. The first-order chi connectivity index (χ1) is 15.6. The van der Waals surface area contributed by atoms with Crippen molar-refractivity contribution in [2.75, 3.05) is 13.2 Å². The first-order valence-electron chi connectivity index (χ1n) is 10.6. The molecule has 1 aliphatic rings. The van der Waals surface area contributed by atoms with Crippen LogP contribution < -0.4 is 4.74 Å². The van der Waals surface area contributed by atoms with Crippen molar-refractivity contribution in [1.82, 2.24) is 19.9 Å². The number of H-pyrrole nitrogens is 1. The zero-order valence-corrected chi connectivity index (χ0v) is 17.9. The zero-order valence-electron chi connectivity index (χ0n) is 17.9. The summed E-state index contributed by atoms with van der Waals surface area (Å²) in [5, 5.41) is 0. The number of nitrogens with one attached hydrogen (secondary N) is 1. The maximum absolute atomic E-state index is 12.1. The molecule has 4 heterocycles. The second-order valence-corrected chi connectivity index (χ2v) is 8.24. The molecule has 160 valence electrons. The Bertz CT molecular complexity index is 1300. The van der Waals surface area contributed by atoms with Crippen LogP contribution in [0.5, 0.6) is 5.75 Å². The molecule has 0 radical (unpaired) electrons. The monoisotopic (exact) mass is 424 g/mol. The molecule has 1 aromatic carbocycles. The number of carbonyl (C=O) groups excluding carboxylic acids is 1. The van der Waals surface area contributed by atoms with E-state index in [0.29, 0.717) is 12.4 Å². The summed E-state index contributed by atoms with van der Waals surface area (Å²) in [6.07, 6.45) is 7.53. The van der Waals surface area contributed by atoms with Gasteiger partial charge in [-0.25, -0.2) is 0 Å². The van der Waals surface area contributed by atoms with E-state index < -0.39 is 0 Å². The number of amides is 1. The third-order valence-electron chi connectivity index (χ3n) is 6.18. The second-order valence-electron chi connectivity index (χ2n) is 8.24. The van der Waals surface area contributed by atoms with Gasteiger partial charge in [0, 0.05) is 30.1 Å². The Balaban J connectivity index is 1.55. The molecule has 6 heteroatoms. The summed E-state index contributed by atoms with van der Waals surface area (Å²) in [6.45, 7) is 6.74. The number of fused-ring (bicyclic) bond motifs is 1. The van der Waals surface area contributed by atoms with Crippen molar-refractivity contribution < 1.29 is 9.53 Å². The number of hydrogen-bond donors (Lipinski definition) is 1. The van der Waals surface area contributed by atoms with Crippen LogP contribution in [0.4, 0.5) is 0 Å². The molecule has 4 aromatic rings. The molecule has 1 atom stereocenters. The number of nitrogens with zero attached hydrogens (tertiary/aromatic N) is 3. The van der Waals surface area contributed by atoms with E-state index in [1.165, 1.54) is 6.08 Å². The number of aromatic nitrogens is 3. The number of benzene rings is 1. The quantitative estimate of drug-likeness (QED) is 0.449. The summed E-state index contributed by atoms with van der Waals surface area (Å²) in [5.74, 6) is 0.595. The topological polar surface area (TPSA) is 71.1 Å². The molecule has 3 aromatic heterocycles. The molecule has 0 saturated carbocycles. The number of likely N-dealkylation sites (tertiary alicyclic amines) is 1. The van der Waals surface area contributed by atoms with Crippen molar-refractivity contribution in [3.8, 4) is 28.1 Å². The van der Waals surface area contributed by atoms with Crippen LogP contribution in [-0.4, -0.2) is 44.4 Å². The Kier molecular flexibility index (Phi) is 4.98. The van der Waals surface area contributed by atoms with Crippen LogP contribution in [0.15, 0.2) is 79.8 Å². The predicted octanol–water partition coefficient (Wildman–Crippen LogP) is 4.85. The third-order valence-corrected chi connectivity index (χ3v) is 6.18. The minimum absolute atomic E-state index is 0.0678. The van der Waals surface area contributed by atoms with Crippen LogP contribution >= 0.6 is 0 Å². The largest absolute Gasteiger partial charge is 0.489 e. The van der Waals surface area contributed by atoms with Crippen molar-refractivity contribution in [3.05, 3.63) is 79.8 Å². The minimum atomic E-state index is -0.358. The number of ether oxygens (including phenoxy) is 1. The summed E-state index contributed by atoms with van der Waals surface area (Å²) in [5.41, 5.74) is 5.44. The molecule has 1 N–H and O–H groups in total. The van der Waals surface area contributed by atoms with Crippen LogP contribution in [0.3, 0.4) is 0 Å². The molecule has 0 unspecified atom stereocenters. The summed E-state index contributed by atoms with van der Waals surface area (Å²) in [4.78, 5) is 26.4. The van der Waals surface area contributed by atoms with Crippen LogP contribution in [-0.2, 0) is 4.79 Å². The molecule has 1 amide bonds. The van der Waals surface area contributed by atoms with Gasteiger partial charge in [-0.3, -0.25) is 14.8 Å². The maximum atomic E-state index is 12.1. The summed E-state index contributed by atoms with van der Waals surface area (Å²) >= 11 is 0. The average Bonchev–Trinajstić information content (AvgIpc) is 3.22. The van der Waals surface area contributed by atoms with E-state index >= 15 is 0 Å². The molecule has 6 nitrogen and oxygen atoms in total. The van der Waals surface area contributed by atoms with Gasteiger partial charge in [-0.05, 0) is 43.2 Å². The lowest BCUT2D eigenvalue weighted by Crippen LogP contribution is -2.62. The van der Waals surface area contributed by atoms with Gasteiger partial charge in [0.2, 0.25) is 5.91 Å². The molecular formula is C26H24N4O2. The molecule has 1 saturated heterocycles. The van der Waals surface area contributed by atoms with Gasteiger partial charge in [0.25, 0.3) is 0 Å². The van der Waals surface area contributed by atoms with E-state index in [2.05, 4.69) is 33.7 Å². The predicted molar refractivity (Wildman–Crippen MR) is 125 cm³/mol. The normalized spacial score (nSPS) is 17.7. The highest BCUT2D eigenvalue weighted by Crippen LogP contribution is 2.41. The highest BCUT2D eigenvalue weighted by atomic mass is 16.5. The van der Waals surface area contributed by atoms with Gasteiger partial charge >= 0.3 is 0 Å². The number of rotatable bonds is 6. The van der Waals surface area contributed by atoms with Crippen molar-refractivity contribution in [1.29, 1.82) is 0 Å². The lowest BCUT2D eigenvalue weighted by atomic mass is 9.87. The fourth-order valence-corrected chi connectivity index (χ4v) is 4.29. The van der Waals surface area contributed by atoms with Crippen LogP contribution in [0.2, 0.25) is 0 Å². The minimum Gasteiger partial charge on any atom is -0.489 e. The number of aromatic amines is 1. The van der Waals surface area contributed by atoms with Gasteiger partial charge in [0.1, 0.15) is 12.4 Å². The molecule has 0 bridgehead atoms. The van der Waals surface area contributed by atoms with Crippen molar-refractivity contribution in [2.45, 2.75) is 18.9 Å². The van der Waals surface area contributed by atoms with E-state index in [-0.39, 0.29) is 11.4 Å². The molecule has 1 fully saturated rings. The fraction of sp³-hybridized carbons (Fsp3) is 0.192. The highest BCUT2D eigenvalue weighted by Gasteiger charge is 2.43. The maximum Gasteiger partial charge on any atom is 0.246 e. The number of pyridine rings is 2. The lowest BCUT2D eigenvalue weighted by Gasteiger charge is -2.49. The Labute approximate surface area is 186 Å². The Morgan fingerprint density at radius 2 is 2.06 bits per heavy atom. The Morgan fingerprint density at radius 3 is 2.81 bits per heavy atom. The first-order valence-corrected chi connectivity index (χ1v) is 10.6. The van der Waals surface area contributed by atoms with E-state index in [4.69, 9.17) is 4.74 Å². The van der Waals surface area contributed by atoms with Gasteiger partial charge < -0.3 is 14.6 Å². The molecule has 5 rings (SSSR count). The SMILES string of the molecule is C=CC(=O)N1CC[C@@]1(C)COc1cnccc1-c1[nH]c2cccnc2c1-c1ccccc1. The van der Waals surface area contributed by atoms with Crippen molar-refractivity contribution in [3.63, 3.8) is 0 Å². The molecule has 0 spiro atoms. The molecule has 32 heavy (non-hydrogen) atoms. The molecular weight excluding hydrogens is 400 g/mol. The Hall–Kier alpha value is -3.93. The van der Waals surface area contributed by atoms with Gasteiger partial charge in [0.15, 0.2) is 0 Å². The first kappa shape index (κ1) is 20.0. The second kappa shape index (κ2) is 7.96. The van der Waals surface area contributed by atoms with Crippen LogP contribution in [0, 0.1) is 0 Å². The number of hydrogen-bond acceptors (Lipinski definition) is 4. The van der Waals surface area contributed by atoms with Gasteiger partial charge in [-0.2, -0.15) is 0 Å². The Morgan fingerprint density at radius 1 is 1.22 bits per heavy atom. The summed E-state index contributed by atoms with van der Waals surface area (Å²) in [7, 11) is 0. The van der Waals surface area contributed by atoms with E-state index in [1.807, 2.05) is 43.3 Å². The van der Waals surface area contributed by atoms with E-state index in [0.717, 1.165) is 46.4 Å². The van der Waals surface area contributed by atoms with Crippen molar-refractivity contribution in [2.24, 2.45) is 0 Å². The smallest absolute Gasteiger partial charge is 0.246 e.